The lowest BCUT2D eigenvalue weighted by Gasteiger charge is -2.23. The van der Waals surface area contributed by atoms with Gasteiger partial charge >= 0.3 is 0 Å². The smallest absolute Gasteiger partial charge is 0.187 e. The number of ether oxygens (including phenoxy) is 1. The molecule has 7 heteroatoms. The van der Waals surface area contributed by atoms with E-state index in [1.54, 1.807) is 0 Å². The normalized spacial score (nSPS) is 17.2. The summed E-state index contributed by atoms with van der Waals surface area (Å²) in [6.07, 6.45) is 4.15. The van der Waals surface area contributed by atoms with Crippen LogP contribution in [0.1, 0.15) is 12.8 Å². The Kier molecular flexibility index (Phi) is 4.37. The fraction of sp³-hybridized carbons (Fsp3) is 0.286. The molecule has 1 fully saturated rings. The van der Waals surface area contributed by atoms with Gasteiger partial charge in [-0.05, 0) is 43.7 Å². The topological polar surface area (TPSA) is 64.3 Å². The zero-order valence-corrected chi connectivity index (χ0v) is 15.3. The van der Waals surface area contributed by atoms with Crippen LogP contribution in [-0.4, -0.2) is 39.3 Å². The van der Waals surface area contributed by atoms with Crippen LogP contribution >= 0.6 is 0 Å². The van der Waals surface area contributed by atoms with E-state index in [9.17, 15) is 4.39 Å². The summed E-state index contributed by atoms with van der Waals surface area (Å²) < 4.78 is 22.0. The monoisotopic (exact) mass is 377 g/mol. The van der Waals surface area contributed by atoms with Gasteiger partial charge in [0.05, 0.1) is 6.61 Å². The molecule has 0 radical (unpaired) electrons. The standard InChI is InChI=1S/C21H20FN5O/c22-16-10-15-6-7-17(21-26-25-19-5-1-2-9-27(19)21)24-20(15)18(11-16)28-13-14-4-3-8-23-12-14/h1-2,5-7,9-11,14,23H,3-4,8,12-13H2/t14-/m0/s1. The second kappa shape index (κ2) is 7.16. The fourth-order valence-corrected chi connectivity index (χ4v) is 3.69. The number of hydrogen-bond donors (Lipinski definition) is 1. The molecule has 4 heterocycles. The summed E-state index contributed by atoms with van der Waals surface area (Å²) in [7, 11) is 0. The zero-order chi connectivity index (χ0) is 18.9. The van der Waals surface area contributed by atoms with Crippen LogP contribution in [-0.2, 0) is 0 Å². The Morgan fingerprint density at radius 1 is 1.18 bits per heavy atom. The Balaban J connectivity index is 1.53. The van der Waals surface area contributed by atoms with Crippen LogP contribution in [0.5, 0.6) is 5.75 Å². The highest BCUT2D eigenvalue weighted by Crippen LogP contribution is 2.29. The average Bonchev–Trinajstić information content (AvgIpc) is 3.16. The van der Waals surface area contributed by atoms with Gasteiger partial charge in [-0.25, -0.2) is 9.37 Å². The number of fused-ring (bicyclic) bond motifs is 2. The van der Waals surface area contributed by atoms with E-state index in [-0.39, 0.29) is 5.82 Å². The number of aromatic nitrogens is 4. The Bertz CT molecular complexity index is 1140. The summed E-state index contributed by atoms with van der Waals surface area (Å²) >= 11 is 0. The molecular weight excluding hydrogens is 357 g/mol. The molecule has 0 bridgehead atoms. The van der Waals surface area contributed by atoms with Crippen molar-refractivity contribution in [3.8, 4) is 17.3 Å². The third-order valence-corrected chi connectivity index (χ3v) is 5.14. The second-order valence-electron chi connectivity index (χ2n) is 7.15. The minimum absolute atomic E-state index is 0.327. The third-order valence-electron chi connectivity index (χ3n) is 5.14. The minimum atomic E-state index is -0.327. The summed E-state index contributed by atoms with van der Waals surface area (Å²) in [5.74, 6) is 1.21. The van der Waals surface area contributed by atoms with Gasteiger partial charge in [-0.1, -0.05) is 12.1 Å². The van der Waals surface area contributed by atoms with E-state index >= 15 is 0 Å². The van der Waals surface area contributed by atoms with Gasteiger partial charge in [0.1, 0.15) is 22.8 Å². The van der Waals surface area contributed by atoms with Crippen LogP contribution in [0.2, 0.25) is 0 Å². The number of piperidine rings is 1. The summed E-state index contributed by atoms with van der Waals surface area (Å²) in [5, 5.41) is 12.5. The maximum Gasteiger partial charge on any atom is 0.187 e. The lowest BCUT2D eigenvalue weighted by atomic mass is 10.0. The molecule has 1 N–H and O–H groups in total. The quantitative estimate of drug-likeness (QED) is 0.590. The molecule has 0 saturated carbocycles. The van der Waals surface area contributed by atoms with Crippen molar-refractivity contribution in [3.63, 3.8) is 0 Å². The Hall–Kier alpha value is -3.06. The van der Waals surface area contributed by atoms with Crippen molar-refractivity contribution in [2.24, 2.45) is 5.92 Å². The van der Waals surface area contributed by atoms with Gasteiger partial charge in [-0.15, -0.1) is 10.2 Å². The van der Waals surface area contributed by atoms with Crippen molar-refractivity contribution in [2.45, 2.75) is 12.8 Å². The maximum atomic E-state index is 14.1. The molecule has 0 amide bonds. The number of nitrogens with zero attached hydrogens (tertiary/aromatic N) is 4. The summed E-state index contributed by atoms with van der Waals surface area (Å²) in [6, 6.07) is 12.3. The van der Waals surface area contributed by atoms with Gasteiger partial charge in [0.2, 0.25) is 0 Å². The second-order valence-corrected chi connectivity index (χ2v) is 7.15. The molecule has 6 nitrogen and oxygen atoms in total. The number of hydrogen-bond acceptors (Lipinski definition) is 5. The van der Waals surface area contributed by atoms with E-state index in [1.165, 1.54) is 12.1 Å². The Morgan fingerprint density at radius 2 is 2.14 bits per heavy atom. The number of halogens is 1. The fourth-order valence-electron chi connectivity index (χ4n) is 3.69. The van der Waals surface area contributed by atoms with Crippen molar-refractivity contribution < 1.29 is 9.13 Å². The molecule has 5 rings (SSSR count). The molecule has 1 aliphatic rings. The van der Waals surface area contributed by atoms with Crippen LogP contribution in [0.15, 0.2) is 48.7 Å². The molecule has 1 saturated heterocycles. The predicted molar refractivity (Wildman–Crippen MR) is 105 cm³/mol. The molecule has 4 aromatic rings. The first-order chi connectivity index (χ1) is 13.8. The molecule has 0 spiro atoms. The van der Waals surface area contributed by atoms with Crippen LogP contribution in [0.25, 0.3) is 28.1 Å². The predicted octanol–water partition coefficient (Wildman–Crippen LogP) is 3.46. The van der Waals surface area contributed by atoms with Crippen molar-refractivity contribution in [1.29, 1.82) is 0 Å². The molecule has 142 valence electrons. The molecule has 0 unspecified atom stereocenters. The third kappa shape index (κ3) is 3.18. The maximum absolute atomic E-state index is 14.1. The molecule has 3 aromatic heterocycles. The van der Waals surface area contributed by atoms with Crippen molar-refractivity contribution >= 4 is 16.6 Å². The SMILES string of the molecule is Fc1cc(OC[C@H]2CCCNC2)c2nc(-c3nnc4ccccn34)ccc2c1. The molecule has 1 atom stereocenters. The van der Waals surface area contributed by atoms with Crippen molar-refractivity contribution in [3.05, 3.63) is 54.5 Å². The van der Waals surface area contributed by atoms with E-state index in [4.69, 9.17) is 9.72 Å². The van der Waals surface area contributed by atoms with E-state index in [2.05, 4.69) is 15.5 Å². The Labute approximate surface area is 161 Å². The van der Waals surface area contributed by atoms with Crippen LogP contribution in [0, 0.1) is 11.7 Å². The van der Waals surface area contributed by atoms with Crippen LogP contribution < -0.4 is 10.1 Å². The van der Waals surface area contributed by atoms with Gasteiger partial charge in [-0.3, -0.25) is 4.40 Å². The number of benzene rings is 1. The van der Waals surface area contributed by atoms with E-state index in [1.807, 2.05) is 40.9 Å². The molecule has 0 aliphatic carbocycles. The minimum Gasteiger partial charge on any atom is -0.491 e. The summed E-state index contributed by atoms with van der Waals surface area (Å²) in [5.41, 5.74) is 2.05. The van der Waals surface area contributed by atoms with Gasteiger partial charge in [-0.2, -0.15) is 0 Å². The highest BCUT2D eigenvalue weighted by atomic mass is 19.1. The van der Waals surface area contributed by atoms with Gasteiger partial charge in [0.25, 0.3) is 0 Å². The number of rotatable bonds is 4. The summed E-state index contributed by atoms with van der Waals surface area (Å²) in [4.78, 5) is 4.74. The van der Waals surface area contributed by atoms with E-state index in [0.29, 0.717) is 40.7 Å². The van der Waals surface area contributed by atoms with Gasteiger partial charge in [0.15, 0.2) is 11.5 Å². The van der Waals surface area contributed by atoms with Gasteiger partial charge < -0.3 is 10.1 Å². The largest absolute Gasteiger partial charge is 0.491 e. The average molecular weight is 377 g/mol. The molecular formula is C21H20FN5O. The van der Waals surface area contributed by atoms with Crippen LogP contribution in [0.4, 0.5) is 4.39 Å². The number of pyridine rings is 2. The van der Waals surface area contributed by atoms with E-state index in [0.717, 1.165) is 31.6 Å². The first kappa shape index (κ1) is 17.1. The molecule has 28 heavy (non-hydrogen) atoms. The highest BCUT2D eigenvalue weighted by molar-refractivity contribution is 5.86. The first-order valence-corrected chi connectivity index (χ1v) is 9.52. The Morgan fingerprint density at radius 3 is 3.04 bits per heavy atom. The van der Waals surface area contributed by atoms with Crippen molar-refractivity contribution in [1.82, 2.24) is 24.9 Å². The molecule has 1 aliphatic heterocycles. The summed E-state index contributed by atoms with van der Waals surface area (Å²) in [6.45, 7) is 2.53. The van der Waals surface area contributed by atoms with Crippen molar-refractivity contribution in [2.75, 3.05) is 19.7 Å². The molecule has 1 aromatic carbocycles. The van der Waals surface area contributed by atoms with Crippen LogP contribution in [0.3, 0.4) is 0 Å². The highest BCUT2D eigenvalue weighted by Gasteiger charge is 2.16. The lowest BCUT2D eigenvalue weighted by molar-refractivity contribution is 0.219. The first-order valence-electron chi connectivity index (χ1n) is 9.52. The zero-order valence-electron chi connectivity index (χ0n) is 15.3. The lowest BCUT2D eigenvalue weighted by Crippen LogP contribution is -2.33. The van der Waals surface area contributed by atoms with Gasteiger partial charge in [0, 0.05) is 30.1 Å². The van der Waals surface area contributed by atoms with E-state index < -0.39 is 0 Å². The number of nitrogens with one attached hydrogen (secondary N) is 1.